The number of hydrogen-bond acceptors (Lipinski definition) is 5. The van der Waals surface area contributed by atoms with Gasteiger partial charge in [0.15, 0.2) is 0 Å². The van der Waals surface area contributed by atoms with Crippen molar-refractivity contribution in [2.45, 2.75) is 6.92 Å². The summed E-state index contributed by atoms with van der Waals surface area (Å²) < 4.78 is 5.07. The summed E-state index contributed by atoms with van der Waals surface area (Å²) in [6, 6.07) is 0.107. The molecule has 2 rings (SSSR count). The van der Waals surface area contributed by atoms with E-state index in [1.54, 1.807) is 11.3 Å². The van der Waals surface area contributed by atoms with Crippen LogP contribution in [0.3, 0.4) is 0 Å². The summed E-state index contributed by atoms with van der Waals surface area (Å²) in [5.74, 6) is 0.492. The van der Waals surface area contributed by atoms with Crippen LogP contribution < -0.4 is 5.73 Å². The first-order valence-corrected chi connectivity index (χ1v) is 4.34. The number of nitrogens with two attached hydrogens (primary N) is 1. The molecule has 5 heteroatoms. The first-order chi connectivity index (χ1) is 5.77. The summed E-state index contributed by atoms with van der Waals surface area (Å²) in [6.45, 7) is 1.99. The van der Waals surface area contributed by atoms with Gasteiger partial charge in [-0.05, 0) is 17.9 Å². The zero-order valence-corrected chi connectivity index (χ0v) is 7.26. The highest BCUT2D eigenvalue weighted by Gasteiger charge is 2.09. The van der Waals surface area contributed by atoms with Gasteiger partial charge in [-0.1, -0.05) is 5.10 Å². The van der Waals surface area contributed by atoms with Crippen molar-refractivity contribution in [1.82, 2.24) is 10.2 Å². The number of nitrogen functional groups attached to an aromatic ring is 1. The van der Waals surface area contributed by atoms with E-state index in [1.165, 1.54) is 0 Å². The molecule has 4 nitrogen and oxygen atoms in total. The molecule has 0 aliphatic rings. The molecule has 62 valence electrons. The van der Waals surface area contributed by atoms with Gasteiger partial charge in [-0.25, -0.2) is 0 Å². The largest absolute Gasteiger partial charge is 0.404 e. The molecule has 2 heterocycles. The molecule has 12 heavy (non-hydrogen) atoms. The fraction of sp³-hybridized carbons (Fsp3) is 0.143. The van der Waals surface area contributed by atoms with Gasteiger partial charge in [-0.15, -0.1) is 5.10 Å². The molecular formula is C7H7N3OS. The summed E-state index contributed by atoms with van der Waals surface area (Å²) in [5.41, 5.74) is 7.39. The summed E-state index contributed by atoms with van der Waals surface area (Å²) in [7, 11) is 0. The van der Waals surface area contributed by atoms with Gasteiger partial charge in [0.2, 0.25) is 0 Å². The van der Waals surface area contributed by atoms with E-state index < -0.39 is 0 Å². The maximum absolute atomic E-state index is 5.30. The fourth-order valence-electron chi connectivity index (χ4n) is 0.923. The molecule has 0 amide bonds. The number of thiophene rings is 1. The van der Waals surface area contributed by atoms with E-state index in [2.05, 4.69) is 10.2 Å². The molecule has 0 fully saturated rings. The van der Waals surface area contributed by atoms with E-state index in [-0.39, 0.29) is 6.01 Å². The van der Waals surface area contributed by atoms with E-state index in [9.17, 15) is 0 Å². The molecule has 2 aromatic heterocycles. The Morgan fingerprint density at radius 2 is 2.25 bits per heavy atom. The lowest BCUT2D eigenvalue weighted by atomic mass is 10.2. The minimum atomic E-state index is 0.107. The zero-order valence-electron chi connectivity index (χ0n) is 6.44. The number of aryl methyl sites for hydroxylation is 1. The first-order valence-electron chi connectivity index (χ1n) is 3.39. The predicted molar refractivity (Wildman–Crippen MR) is 46.8 cm³/mol. The first kappa shape index (κ1) is 7.30. The van der Waals surface area contributed by atoms with Crippen LogP contribution in [0.4, 0.5) is 6.01 Å². The lowest BCUT2D eigenvalue weighted by Gasteiger charge is -1.88. The van der Waals surface area contributed by atoms with Gasteiger partial charge < -0.3 is 10.2 Å². The van der Waals surface area contributed by atoms with Crippen molar-refractivity contribution in [2.75, 3.05) is 5.73 Å². The molecular weight excluding hydrogens is 174 g/mol. The van der Waals surface area contributed by atoms with E-state index >= 15 is 0 Å². The van der Waals surface area contributed by atoms with Gasteiger partial charge in [-0.3, -0.25) is 0 Å². The standard InChI is InChI=1S/C7H7N3OS/c1-4-2-12-3-5(4)6-9-10-7(8)11-6/h2-3H,1H3,(H2,8,10). The third-order valence-corrected chi connectivity index (χ3v) is 2.39. The lowest BCUT2D eigenvalue weighted by molar-refractivity contribution is 0.590. The minimum absolute atomic E-state index is 0.107. The Morgan fingerprint density at radius 3 is 2.75 bits per heavy atom. The SMILES string of the molecule is Cc1cscc1-c1nnc(N)o1. The predicted octanol–water partition coefficient (Wildman–Crippen LogP) is 1.69. The third-order valence-electron chi connectivity index (χ3n) is 1.53. The van der Waals surface area contributed by atoms with E-state index in [1.807, 2.05) is 17.7 Å². The van der Waals surface area contributed by atoms with Crippen LogP contribution in [0.1, 0.15) is 5.56 Å². The fourth-order valence-corrected chi connectivity index (χ4v) is 1.74. The Balaban J connectivity index is 2.50. The highest BCUT2D eigenvalue weighted by molar-refractivity contribution is 7.08. The number of nitrogens with zero attached hydrogens (tertiary/aromatic N) is 2. The normalized spacial score (nSPS) is 10.4. The van der Waals surface area contributed by atoms with Gasteiger partial charge >= 0.3 is 6.01 Å². The molecule has 2 aromatic rings. The molecule has 0 saturated carbocycles. The molecule has 2 N–H and O–H groups in total. The van der Waals surface area contributed by atoms with Gasteiger partial charge in [0.25, 0.3) is 5.89 Å². The van der Waals surface area contributed by atoms with Crippen LogP contribution in [-0.2, 0) is 0 Å². The molecule has 0 aromatic carbocycles. The maximum Gasteiger partial charge on any atom is 0.313 e. The summed E-state index contributed by atoms with van der Waals surface area (Å²) >= 11 is 1.60. The van der Waals surface area contributed by atoms with Crippen LogP contribution >= 0.6 is 11.3 Å². The Bertz CT molecular complexity index is 393. The van der Waals surface area contributed by atoms with Crippen LogP contribution in [0.15, 0.2) is 15.2 Å². The number of aromatic nitrogens is 2. The Labute approximate surface area is 73.0 Å². The van der Waals surface area contributed by atoms with E-state index in [0.29, 0.717) is 5.89 Å². The Morgan fingerprint density at radius 1 is 1.42 bits per heavy atom. The number of hydrogen-bond donors (Lipinski definition) is 1. The highest BCUT2D eigenvalue weighted by Crippen LogP contribution is 2.25. The zero-order chi connectivity index (χ0) is 8.55. The van der Waals surface area contributed by atoms with Gasteiger partial charge in [0.05, 0.1) is 5.56 Å². The number of rotatable bonds is 1. The van der Waals surface area contributed by atoms with Crippen molar-refractivity contribution >= 4 is 17.4 Å². The van der Waals surface area contributed by atoms with E-state index in [0.717, 1.165) is 11.1 Å². The van der Waals surface area contributed by atoms with Crippen molar-refractivity contribution in [2.24, 2.45) is 0 Å². The molecule has 0 radical (unpaired) electrons. The summed E-state index contributed by atoms with van der Waals surface area (Å²) in [4.78, 5) is 0. The minimum Gasteiger partial charge on any atom is -0.404 e. The molecule has 0 bridgehead atoms. The Hall–Kier alpha value is -1.36. The second-order valence-corrected chi connectivity index (χ2v) is 3.16. The van der Waals surface area contributed by atoms with Crippen LogP contribution in [0.2, 0.25) is 0 Å². The molecule has 0 aliphatic heterocycles. The van der Waals surface area contributed by atoms with E-state index in [4.69, 9.17) is 10.2 Å². The monoisotopic (exact) mass is 181 g/mol. The maximum atomic E-state index is 5.30. The van der Waals surface area contributed by atoms with Crippen LogP contribution in [0, 0.1) is 6.92 Å². The van der Waals surface area contributed by atoms with Gasteiger partial charge in [-0.2, -0.15) is 11.3 Å². The molecule has 0 atom stereocenters. The second kappa shape index (κ2) is 2.60. The average molecular weight is 181 g/mol. The van der Waals surface area contributed by atoms with Crippen LogP contribution in [0.5, 0.6) is 0 Å². The highest BCUT2D eigenvalue weighted by atomic mass is 32.1. The van der Waals surface area contributed by atoms with Crippen LogP contribution in [0.25, 0.3) is 11.5 Å². The quantitative estimate of drug-likeness (QED) is 0.727. The van der Waals surface area contributed by atoms with Crippen molar-refractivity contribution in [3.05, 3.63) is 16.3 Å². The average Bonchev–Trinajstić information content (AvgIpc) is 2.58. The molecule has 0 unspecified atom stereocenters. The van der Waals surface area contributed by atoms with Gasteiger partial charge in [0.1, 0.15) is 0 Å². The topological polar surface area (TPSA) is 64.9 Å². The molecule has 0 spiro atoms. The number of anilines is 1. The van der Waals surface area contributed by atoms with Crippen molar-refractivity contribution < 1.29 is 4.42 Å². The van der Waals surface area contributed by atoms with Crippen LogP contribution in [-0.4, -0.2) is 10.2 Å². The summed E-state index contributed by atoms with van der Waals surface area (Å²) in [6.07, 6.45) is 0. The molecule has 0 saturated heterocycles. The summed E-state index contributed by atoms with van der Waals surface area (Å²) in [5, 5.41) is 11.3. The third kappa shape index (κ3) is 1.08. The smallest absolute Gasteiger partial charge is 0.313 e. The van der Waals surface area contributed by atoms with Crippen molar-refractivity contribution in [3.8, 4) is 11.5 Å². The second-order valence-electron chi connectivity index (χ2n) is 2.41. The Kier molecular flexibility index (Phi) is 1.58. The molecule has 0 aliphatic carbocycles. The lowest BCUT2D eigenvalue weighted by Crippen LogP contribution is -1.81. The van der Waals surface area contributed by atoms with Crippen molar-refractivity contribution in [3.63, 3.8) is 0 Å². The van der Waals surface area contributed by atoms with Gasteiger partial charge in [0, 0.05) is 5.38 Å². The van der Waals surface area contributed by atoms with Crippen molar-refractivity contribution in [1.29, 1.82) is 0 Å².